The third-order valence-electron chi connectivity index (χ3n) is 4.17. The molecule has 0 saturated heterocycles. The van der Waals surface area contributed by atoms with Crippen LogP contribution in [-0.4, -0.2) is 39.3 Å². The number of carbonyl (C=O) groups is 1. The minimum Gasteiger partial charge on any atom is -0.493 e. The van der Waals surface area contributed by atoms with Crippen molar-refractivity contribution in [1.29, 1.82) is 0 Å². The number of halogens is 1. The van der Waals surface area contributed by atoms with Crippen LogP contribution in [0, 0.1) is 0 Å². The number of ether oxygens (including phenoxy) is 5. The zero-order valence-electron chi connectivity index (χ0n) is 15.2. The molecule has 0 aromatic heterocycles. The van der Waals surface area contributed by atoms with Crippen molar-refractivity contribution in [2.45, 2.75) is 0 Å². The highest BCUT2D eigenvalue weighted by Gasteiger charge is 2.25. The Labute approximate surface area is 166 Å². The SMILES string of the molecule is COc1ccc(C2=N/C(=C/c3cc(Cl)c4c(c3)OCCO4)C(=O)O2)cc1OC. The van der Waals surface area contributed by atoms with Crippen molar-refractivity contribution in [3.63, 3.8) is 0 Å². The van der Waals surface area contributed by atoms with Crippen molar-refractivity contribution < 1.29 is 28.5 Å². The van der Waals surface area contributed by atoms with Gasteiger partial charge in [-0.3, -0.25) is 0 Å². The quantitative estimate of drug-likeness (QED) is 0.576. The normalized spacial score (nSPS) is 16.6. The predicted octanol–water partition coefficient (Wildman–Crippen LogP) is 3.47. The summed E-state index contributed by atoms with van der Waals surface area (Å²) in [4.78, 5) is 16.6. The standard InChI is InChI=1S/C20H16ClNO6/c1-24-15-4-3-12(10-16(15)25-2)19-22-14(20(23)28-19)8-11-7-13(21)18-17(9-11)26-5-6-27-18/h3-4,7-10H,5-6H2,1-2H3/b14-8+. The van der Waals surface area contributed by atoms with Crippen LogP contribution in [0.25, 0.3) is 6.08 Å². The maximum Gasteiger partial charge on any atom is 0.363 e. The number of esters is 1. The largest absolute Gasteiger partial charge is 0.493 e. The number of methoxy groups -OCH3 is 2. The van der Waals surface area contributed by atoms with Crippen LogP contribution in [-0.2, 0) is 9.53 Å². The van der Waals surface area contributed by atoms with Gasteiger partial charge in [0.15, 0.2) is 28.7 Å². The molecular weight excluding hydrogens is 386 g/mol. The number of nitrogens with zero attached hydrogens (tertiary/aromatic N) is 1. The average Bonchev–Trinajstić information content (AvgIpc) is 3.07. The molecule has 0 amide bonds. The fourth-order valence-electron chi connectivity index (χ4n) is 2.87. The molecule has 28 heavy (non-hydrogen) atoms. The first-order valence-electron chi connectivity index (χ1n) is 8.43. The van der Waals surface area contributed by atoms with Crippen LogP contribution in [0.3, 0.4) is 0 Å². The number of rotatable bonds is 4. The summed E-state index contributed by atoms with van der Waals surface area (Å²) < 4.78 is 26.8. The molecule has 144 valence electrons. The van der Waals surface area contributed by atoms with Crippen LogP contribution in [0.5, 0.6) is 23.0 Å². The van der Waals surface area contributed by atoms with Gasteiger partial charge in [0.05, 0.1) is 19.2 Å². The third kappa shape index (κ3) is 3.36. The van der Waals surface area contributed by atoms with Gasteiger partial charge in [-0.25, -0.2) is 9.79 Å². The highest BCUT2D eigenvalue weighted by molar-refractivity contribution is 6.32. The first-order valence-corrected chi connectivity index (χ1v) is 8.81. The van der Waals surface area contributed by atoms with Gasteiger partial charge in [-0.05, 0) is 42.0 Å². The zero-order chi connectivity index (χ0) is 19.7. The predicted molar refractivity (Wildman–Crippen MR) is 103 cm³/mol. The molecule has 7 nitrogen and oxygen atoms in total. The molecule has 2 aromatic rings. The molecule has 0 saturated carbocycles. The van der Waals surface area contributed by atoms with E-state index in [-0.39, 0.29) is 11.6 Å². The maximum atomic E-state index is 12.3. The number of cyclic esters (lactones) is 1. The van der Waals surface area contributed by atoms with E-state index in [1.807, 2.05) is 0 Å². The molecular formula is C20H16ClNO6. The van der Waals surface area contributed by atoms with E-state index >= 15 is 0 Å². The van der Waals surface area contributed by atoms with E-state index in [9.17, 15) is 4.79 Å². The van der Waals surface area contributed by atoms with Crippen molar-refractivity contribution in [3.05, 3.63) is 52.2 Å². The summed E-state index contributed by atoms with van der Waals surface area (Å²) in [5.41, 5.74) is 1.39. The van der Waals surface area contributed by atoms with E-state index in [1.54, 1.807) is 43.5 Å². The fourth-order valence-corrected chi connectivity index (χ4v) is 3.15. The van der Waals surface area contributed by atoms with Crippen LogP contribution in [0.1, 0.15) is 11.1 Å². The number of fused-ring (bicyclic) bond motifs is 1. The van der Waals surface area contributed by atoms with Gasteiger partial charge < -0.3 is 23.7 Å². The van der Waals surface area contributed by atoms with Crippen LogP contribution in [0.15, 0.2) is 41.0 Å². The Bertz CT molecular complexity index is 1010. The Kier molecular flexibility index (Phi) is 4.83. The van der Waals surface area contributed by atoms with E-state index in [1.165, 1.54) is 7.11 Å². The van der Waals surface area contributed by atoms with E-state index in [0.717, 1.165) is 0 Å². The Morgan fingerprint density at radius 2 is 1.86 bits per heavy atom. The van der Waals surface area contributed by atoms with Gasteiger partial charge in [-0.2, -0.15) is 0 Å². The highest BCUT2D eigenvalue weighted by Crippen LogP contribution is 2.39. The number of hydrogen-bond acceptors (Lipinski definition) is 7. The summed E-state index contributed by atoms with van der Waals surface area (Å²) in [5.74, 6) is 1.73. The van der Waals surface area contributed by atoms with Gasteiger partial charge in [0, 0.05) is 5.56 Å². The van der Waals surface area contributed by atoms with Gasteiger partial charge in [0.2, 0.25) is 5.90 Å². The van der Waals surface area contributed by atoms with Crippen molar-refractivity contribution in [2.24, 2.45) is 4.99 Å². The molecule has 0 spiro atoms. The Hall–Kier alpha value is -3.19. The molecule has 2 aliphatic heterocycles. The van der Waals surface area contributed by atoms with Crippen LogP contribution < -0.4 is 18.9 Å². The number of benzene rings is 2. The topological polar surface area (TPSA) is 75.6 Å². The molecule has 2 heterocycles. The van der Waals surface area contributed by atoms with Crippen LogP contribution in [0.2, 0.25) is 5.02 Å². The van der Waals surface area contributed by atoms with Gasteiger partial charge in [0.1, 0.15) is 13.2 Å². The highest BCUT2D eigenvalue weighted by atomic mass is 35.5. The summed E-state index contributed by atoms with van der Waals surface area (Å²) in [7, 11) is 3.07. The number of carbonyl (C=O) groups excluding carboxylic acids is 1. The van der Waals surface area contributed by atoms with E-state index in [0.29, 0.717) is 52.4 Å². The lowest BCUT2D eigenvalue weighted by molar-refractivity contribution is -0.129. The molecule has 2 aliphatic rings. The summed E-state index contributed by atoms with van der Waals surface area (Å²) >= 11 is 6.24. The van der Waals surface area contributed by atoms with Gasteiger partial charge >= 0.3 is 5.97 Å². The Morgan fingerprint density at radius 3 is 2.64 bits per heavy atom. The minimum atomic E-state index is -0.559. The third-order valence-corrected chi connectivity index (χ3v) is 4.45. The second-order valence-corrected chi connectivity index (χ2v) is 6.34. The van der Waals surface area contributed by atoms with Crippen molar-refractivity contribution >= 4 is 29.5 Å². The van der Waals surface area contributed by atoms with Crippen molar-refractivity contribution in [1.82, 2.24) is 0 Å². The Morgan fingerprint density at radius 1 is 1.07 bits per heavy atom. The van der Waals surface area contributed by atoms with Crippen LogP contribution in [0.4, 0.5) is 0 Å². The molecule has 0 fully saturated rings. The average molecular weight is 402 g/mol. The van der Waals surface area contributed by atoms with E-state index in [4.69, 9.17) is 35.3 Å². The summed E-state index contributed by atoms with van der Waals surface area (Å²) in [5, 5.41) is 0.402. The lowest BCUT2D eigenvalue weighted by Gasteiger charge is -2.19. The lowest BCUT2D eigenvalue weighted by atomic mass is 10.1. The number of hydrogen-bond donors (Lipinski definition) is 0. The summed E-state index contributed by atoms with van der Waals surface area (Å²) in [6, 6.07) is 8.56. The van der Waals surface area contributed by atoms with Crippen molar-refractivity contribution in [2.75, 3.05) is 27.4 Å². The van der Waals surface area contributed by atoms with E-state index in [2.05, 4.69) is 4.99 Å². The second kappa shape index (κ2) is 7.44. The molecule has 2 aromatic carbocycles. The van der Waals surface area contributed by atoms with Gasteiger partial charge in [-0.15, -0.1) is 0 Å². The maximum absolute atomic E-state index is 12.3. The fraction of sp³-hybridized carbons (Fsp3) is 0.200. The van der Waals surface area contributed by atoms with E-state index < -0.39 is 5.97 Å². The molecule has 0 bridgehead atoms. The Balaban J connectivity index is 1.67. The number of aliphatic imine (C=N–C) groups is 1. The molecule has 0 unspecified atom stereocenters. The first-order chi connectivity index (χ1) is 13.6. The smallest absolute Gasteiger partial charge is 0.363 e. The summed E-state index contributed by atoms with van der Waals surface area (Å²) in [6.07, 6.45) is 1.58. The van der Waals surface area contributed by atoms with Crippen LogP contribution >= 0.6 is 11.6 Å². The summed E-state index contributed by atoms with van der Waals surface area (Å²) in [6.45, 7) is 0.880. The minimum absolute atomic E-state index is 0.150. The lowest BCUT2D eigenvalue weighted by Crippen LogP contribution is -2.15. The molecule has 4 rings (SSSR count). The molecule has 0 radical (unpaired) electrons. The van der Waals surface area contributed by atoms with Gasteiger partial charge in [-0.1, -0.05) is 11.6 Å². The second-order valence-electron chi connectivity index (χ2n) is 5.93. The molecule has 0 N–H and O–H groups in total. The zero-order valence-corrected chi connectivity index (χ0v) is 15.9. The molecule has 8 heteroatoms. The van der Waals surface area contributed by atoms with Crippen molar-refractivity contribution in [3.8, 4) is 23.0 Å². The monoisotopic (exact) mass is 401 g/mol. The molecule has 0 aliphatic carbocycles. The van der Waals surface area contributed by atoms with Gasteiger partial charge in [0.25, 0.3) is 0 Å². The first kappa shape index (κ1) is 18.2. The molecule has 0 atom stereocenters.